The van der Waals surface area contributed by atoms with Crippen LogP contribution in [-0.4, -0.2) is 35.5 Å². The van der Waals surface area contributed by atoms with Crippen LogP contribution in [0.25, 0.3) is 0 Å². The zero-order valence-corrected chi connectivity index (χ0v) is 15.9. The number of carbonyl (C=O) groups is 2. The van der Waals surface area contributed by atoms with Crippen molar-refractivity contribution in [1.29, 1.82) is 0 Å². The van der Waals surface area contributed by atoms with E-state index in [4.69, 9.17) is 4.74 Å². The molecule has 2 aliphatic carbocycles. The second kappa shape index (κ2) is 9.20. The molecule has 0 saturated heterocycles. The van der Waals surface area contributed by atoms with Crippen LogP contribution in [0, 0.1) is 5.92 Å². The van der Waals surface area contributed by atoms with E-state index in [-0.39, 0.29) is 23.8 Å². The molecule has 26 heavy (non-hydrogen) atoms. The van der Waals surface area contributed by atoms with Crippen molar-refractivity contribution < 1.29 is 14.3 Å². The Bertz CT molecular complexity index is 595. The highest BCUT2D eigenvalue weighted by molar-refractivity contribution is 5.94. The van der Waals surface area contributed by atoms with E-state index in [0.717, 1.165) is 37.7 Å². The van der Waals surface area contributed by atoms with Crippen molar-refractivity contribution in [3.8, 4) is 0 Å². The monoisotopic (exact) mass is 357 g/mol. The van der Waals surface area contributed by atoms with Gasteiger partial charge in [-0.25, -0.2) is 0 Å². The number of benzene rings is 1. The maximum absolute atomic E-state index is 13.4. The van der Waals surface area contributed by atoms with Crippen molar-refractivity contribution in [1.82, 2.24) is 4.90 Å². The third kappa shape index (κ3) is 4.46. The molecule has 0 aliphatic heterocycles. The van der Waals surface area contributed by atoms with Gasteiger partial charge in [-0.3, -0.25) is 9.59 Å². The number of hydrogen-bond donors (Lipinski definition) is 0. The van der Waals surface area contributed by atoms with Gasteiger partial charge in [0.1, 0.15) is 0 Å². The minimum Gasteiger partial charge on any atom is -0.466 e. The second-order valence-electron chi connectivity index (χ2n) is 7.64. The molecule has 0 unspecified atom stereocenters. The zero-order valence-electron chi connectivity index (χ0n) is 15.9. The van der Waals surface area contributed by atoms with Gasteiger partial charge in [0.25, 0.3) is 5.91 Å². The summed E-state index contributed by atoms with van der Waals surface area (Å²) in [5.74, 6) is 0.238. The van der Waals surface area contributed by atoms with E-state index in [2.05, 4.69) is 4.90 Å². The van der Waals surface area contributed by atoms with Gasteiger partial charge < -0.3 is 9.64 Å². The Hall–Kier alpha value is -1.84. The summed E-state index contributed by atoms with van der Waals surface area (Å²) in [4.78, 5) is 27.6. The fourth-order valence-corrected chi connectivity index (χ4v) is 4.73. The Morgan fingerprint density at radius 3 is 2.42 bits per heavy atom. The molecule has 2 fully saturated rings. The highest BCUT2D eigenvalue weighted by Crippen LogP contribution is 2.37. The third-order valence-electron chi connectivity index (χ3n) is 5.93. The molecule has 4 nitrogen and oxygen atoms in total. The van der Waals surface area contributed by atoms with Gasteiger partial charge in [0.15, 0.2) is 0 Å². The van der Waals surface area contributed by atoms with Crippen molar-refractivity contribution in [3.05, 3.63) is 35.9 Å². The first-order chi connectivity index (χ1) is 12.7. The molecule has 2 aliphatic rings. The van der Waals surface area contributed by atoms with Crippen LogP contribution >= 0.6 is 0 Å². The quantitative estimate of drug-likeness (QED) is 0.700. The van der Waals surface area contributed by atoms with E-state index < -0.39 is 0 Å². The fraction of sp³-hybridized carbons (Fsp3) is 0.636. The van der Waals surface area contributed by atoms with Crippen molar-refractivity contribution in [2.75, 3.05) is 6.61 Å². The minimum atomic E-state index is -0.125. The number of hydrogen-bond acceptors (Lipinski definition) is 3. The van der Waals surface area contributed by atoms with E-state index in [9.17, 15) is 9.59 Å². The van der Waals surface area contributed by atoms with E-state index in [0.29, 0.717) is 19.1 Å². The normalized spacial score (nSPS) is 23.6. The van der Waals surface area contributed by atoms with E-state index in [1.54, 1.807) is 0 Å². The lowest BCUT2D eigenvalue weighted by molar-refractivity contribution is -0.144. The van der Waals surface area contributed by atoms with Crippen molar-refractivity contribution in [2.45, 2.75) is 76.8 Å². The van der Waals surface area contributed by atoms with E-state index in [1.165, 1.54) is 19.3 Å². The van der Waals surface area contributed by atoms with Crippen LogP contribution in [-0.2, 0) is 9.53 Å². The lowest BCUT2D eigenvalue weighted by Gasteiger charge is -2.41. The van der Waals surface area contributed by atoms with Gasteiger partial charge in [0, 0.05) is 17.6 Å². The number of carbonyl (C=O) groups excluding carboxylic acids is 2. The lowest BCUT2D eigenvalue weighted by Crippen LogP contribution is -2.49. The van der Waals surface area contributed by atoms with Crippen LogP contribution in [0.1, 0.15) is 75.1 Å². The molecule has 3 rings (SSSR count). The SMILES string of the molecule is CCOC(=O)C[C@@H]1CCC[C@@H]1N(C(=O)c1ccccc1)C1CCCCC1. The topological polar surface area (TPSA) is 46.6 Å². The zero-order chi connectivity index (χ0) is 18.4. The average Bonchev–Trinajstić information content (AvgIpc) is 3.11. The maximum Gasteiger partial charge on any atom is 0.306 e. The molecule has 1 aromatic carbocycles. The number of esters is 1. The molecule has 0 spiro atoms. The molecule has 2 atom stereocenters. The van der Waals surface area contributed by atoms with Crippen LogP contribution in [0.15, 0.2) is 30.3 Å². The van der Waals surface area contributed by atoms with Gasteiger partial charge in [-0.2, -0.15) is 0 Å². The first-order valence-corrected chi connectivity index (χ1v) is 10.2. The Morgan fingerprint density at radius 2 is 1.73 bits per heavy atom. The Kier molecular flexibility index (Phi) is 6.70. The predicted molar refractivity (Wildman–Crippen MR) is 102 cm³/mol. The van der Waals surface area contributed by atoms with Gasteiger partial charge in [-0.1, -0.05) is 43.9 Å². The minimum absolute atomic E-state index is 0.125. The second-order valence-corrected chi connectivity index (χ2v) is 7.64. The largest absolute Gasteiger partial charge is 0.466 e. The molecule has 142 valence electrons. The summed E-state index contributed by atoms with van der Waals surface area (Å²) >= 11 is 0. The molecule has 2 saturated carbocycles. The summed E-state index contributed by atoms with van der Waals surface area (Å²) < 4.78 is 5.18. The van der Waals surface area contributed by atoms with Crippen LogP contribution < -0.4 is 0 Å². The van der Waals surface area contributed by atoms with Crippen LogP contribution in [0.2, 0.25) is 0 Å². The van der Waals surface area contributed by atoms with Crippen LogP contribution in [0.5, 0.6) is 0 Å². The molecule has 1 amide bonds. The summed E-state index contributed by atoms with van der Waals surface area (Å²) in [7, 11) is 0. The molecule has 0 aromatic heterocycles. The molecule has 0 radical (unpaired) electrons. The van der Waals surface area contributed by atoms with Gasteiger partial charge in [-0.05, 0) is 50.7 Å². The summed E-state index contributed by atoms with van der Waals surface area (Å²) in [6.07, 6.45) is 9.35. The number of nitrogens with zero attached hydrogens (tertiary/aromatic N) is 1. The number of rotatable bonds is 6. The van der Waals surface area contributed by atoms with Gasteiger partial charge in [0.05, 0.1) is 13.0 Å². The molecule has 0 heterocycles. The van der Waals surface area contributed by atoms with Crippen molar-refractivity contribution in [2.24, 2.45) is 5.92 Å². The molecule has 0 bridgehead atoms. The smallest absolute Gasteiger partial charge is 0.306 e. The molecule has 4 heteroatoms. The molecular weight excluding hydrogens is 326 g/mol. The third-order valence-corrected chi connectivity index (χ3v) is 5.93. The lowest BCUT2D eigenvalue weighted by atomic mass is 9.89. The van der Waals surface area contributed by atoms with Gasteiger partial charge in [0.2, 0.25) is 0 Å². The van der Waals surface area contributed by atoms with Crippen LogP contribution in [0.3, 0.4) is 0 Å². The highest BCUT2D eigenvalue weighted by Gasteiger charge is 2.39. The Balaban J connectivity index is 1.82. The Labute approximate surface area is 156 Å². The van der Waals surface area contributed by atoms with Crippen LogP contribution in [0.4, 0.5) is 0 Å². The number of amides is 1. The van der Waals surface area contributed by atoms with E-state index in [1.807, 2.05) is 37.3 Å². The molecular formula is C22H31NO3. The van der Waals surface area contributed by atoms with Gasteiger partial charge in [-0.15, -0.1) is 0 Å². The summed E-state index contributed by atoms with van der Waals surface area (Å²) in [6.45, 7) is 2.27. The number of ether oxygens (including phenoxy) is 1. The standard InChI is InChI=1S/C22H31NO3/c1-2-26-21(24)16-18-12-9-15-20(18)23(19-13-7-4-8-14-19)22(25)17-10-5-3-6-11-17/h3,5-6,10-11,18-20H,2,4,7-9,12-16H2,1H3/t18-,20-/m0/s1. The summed E-state index contributed by atoms with van der Waals surface area (Å²) in [5, 5.41) is 0. The van der Waals surface area contributed by atoms with Gasteiger partial charge >= 0.3 is 5.97 Å². The summed E-state index contributed by atoms with van der Waals surface area (Å²) in [5.41, 5.74) is 0.764. The van der Waals surface area contributed by atoms with E-state index >= 15 is 0 Å². The first-order valence-electron chi connectivity index (χ1n) is 10.2. The summed E-state index contributed by atoms with van der Waals surface area (Å²) in [6, 6.07) is 10.1. The molecule has 0 N–H and O–H groups in total. The predicted octanol–water partition coefficient (Wildman–Crippen LogP) is 4.58. The fourth-order valence-electron chi connectivity index (χ4n) is 4.73. The maximum atomic E-state index is 13.4. The highest BCUT2D eigenvalue weighted by atomic mass is 16.5. The average molecular weight is 357 g/mol. The molecule has 1 aromatic rings. The van der Waals surface area contributed by atoms with Crippen molar-refractivity contribution >= 4 is 11.9 Å². The van der Waals surface area contributed by atoms with Crippen molar-refractivity contribution in [3.63, 3.8) is 0 Å². The Morgan fingerprint density at radius 1 is 1.00 bits per heavy atom. The first kappa shape index (κ1) is 18.9.